The van der Waals surface area contributed by atoms with Crippen LogP contribution in [-0.4, -0.2) is 26.7 Å². The summed E-state index contributed by atoms with van der Waals surface area (Å²) >= 11 is 5.68. The predicted molar refractivity (Wildman–Crippen MR) is 105 cm³/mol. The molecule has 0 amide bonds. The number of aromatic hydroxyl groups is 1. The Morgan fingerprint density at radius 2 is 1.90 bits per heavy atom. The number of nitrogens with zero attached hydrogens (tertiary/aromatic N) is 1. The molecule has 5 nitrogen and oxygen atoms in total. The van der Waals surface area contributed by atoms with Gasteiger partial charge in [0.15, 0.2) is 11.6 Å². The lowest BCUT2D eigenvalue weighted by atomic mass is 9.92. The molecular formula is C21H18ClF2NO4. The second-order valence-corrected chi connectivity index (χ2v) is 7.15. The number of aliphatic carboxylic acids is 1. The van der Waals surface area contributed by atoms with Gasteiger partial charge in [0.1, 0.15) is 5.82 Å². The molecule has 3 rings (SSSR count). The Labute approximate surface area is 170 Å². The lowest BCUT2D eigenvalue weighted by Crippen LogP contribution is -2.16. The fraction of sp³-hybridized carbons (Fsp3) is 0.238. The van der Waals surface area contributed by atoms with Crippen molar-refractivity contribution in [3.8, 4) is 5.75 Å². The number of phenolic OH excluding ortho intramolecular Hbond substituents is 1. The van der Waals surface area contributed by atoms with Crippen molar-refractivity contribution in [2.75, 3.05) is 0 Å². The molecule has 0 aliphatic rings. The highest BCUT2D eigenvalue weighted by molar-refractivity contribution is 6.30. The average molecular weight is 422 g/mol. The summed E-state index contributed by atoms with van der Waals surface area (Å²) in [4.78, 5) is 25.0. The van der Waals surface area contributed by atoms with Gasteiger partial charge >= 0.3 is 5.97 Å². The summed E-state index contributed by atoms with van der Waals surface area (Å²) in [5.41, 5.74) is 0.390. The molecule has 0 bridgehead atoms. The van der Waals surface area contributed by atoms with Crippen molar-refractivity contribution >= 4 is 34.4 Å². The molecule has 0 unspecified atom stereocenters. The molecule has 1 atom stereocenters. The van der Waals surface area contributed by atoms with Crippen LogP contribution in [0.15, 0.2) is 30.3 Å². The van der Waals surface area contributed by atoms with E-state index in [-0.39, 0.29) is 39.2 Å². The maximum atomic E-state index is 14.9. The normalized spacial score (nSPS) is 12.3. The first kappa shape index (κ1) is 20.8. The van der Waals surface area contributed by atoms with Gasteiger partial charge in [-0.15, -0.1) is 0 Å². The molecule has 0 aliphatic carbocycles. The van der Waals surface area contributed by atoms with Gasteiger partial charge in [-0.1, -0.05) is 24.9 Å². The molecule has 0 spiro atoms. The largest absolute Gasteiger partial charge is 0.505 e. The van der Waals surface area contributed by atoms with Crippen LogP contribution in [0.3, 0.4) is 0 Å². The summed E-state index contributed by atoms with van der Waals surface area (Å²) in [5, 5.41) is 19.2. The van der Waals surface area contributed by atoms with Crippen molar-refractivity contribution in [3.05, 3.63) is 63.8 Å². The number of benzene rings is 2. The average Bonchev–Trinajstić information content (AvgIpc) is 2.96. The molecule has 3 aromatic rings. The lowest BCUT2D eigenvalue weighted by molar-refractivity contribution is -0.139. The molecule has 0 aliphatic heterocycles. The van der Waals surface area contributed by atoms with Crippen LogP contribution in [0.4, 0.5) is 8.78 Å². The quantitative estimate of drug-likeness (QED) is 0.590. The number of carbonyl (C=O) groups excluding carboxylic acids is 1. The topological polar surface area (TPSA) is 79.5 Å². The molecule has 29 heavy (non-hydrogen) atoms. The minimum atomic E-state index is -1.17. The number of phenols is 1. The second-order valence-electron chi connectivity index (χ2n) is 6.74. The van der Waals surface area contributed by atoms with Crippen LogP contribution in [0.2, 0.25) is 5.02 Å². The molecule has 0 radical (unpaired) electrons. The summed E-state index contributed by atoms with van der Waals surface area (Å²) in [7, 11) is 0. The van der Waals surface area contributed by atoms with Crippen LogP contribution in [-0.2, 0) is 4.79 Å². The van der Waals surface area contributed by atoms with Gasteiger partial charge in [0, 0.05) is 16.6 Å². The summed E-state index contributed by atoms with van der Waals surface area (Å²) in [6, 6.07) is 5.95. The summed E-state index contributed by atoms with van der Waals surface area (Å²) in [6.07, 6.45) is 0.730. The molecule has 0 saturated heterocycles. The van der Waals surface area contributed by atoms with Crippen LogP contribution in [0.5, 0.6) is 5.75 Å². The van der Waals surface area contributed by atoms with E-state index < -0.39 is 35.2 Å². The number of hydrogen-bond donors (Lipinski definition) is 2. The highest BCUT2D eigenvalue weighted by Crippen LogP contribution is 2.39. The Kier molecular flexibility index (Phi) is 5.61. The van der Waals surface area contributed by atoms with Gasteiger partial charge in [-0.05, 0) is 49.2 Å². The third-order valence-corrected chi connectivity index (χ3v) is 5.24. The van der Waals surface area contributed by atoms with Crippen molar-refractivity contribution in [2.24, 2.45) is 0 Å². The number of halogens is 3. The molecule has 8 heteroatoms. The van der Waals surface area contributed by atoms with Crippen molar-refractivity contribution in [3.63, 3.8) is 0 Å². The second kappa shape index (κ2) is 7.83. The fourth-order valence-electron chi connectivity index (χ4n) is 3.61. The molecular weight excluding hydrogens is 404 g/mol. The van der Waals surface area contributed by atoms with Crippen LogP contribution in [0, 0.1) is 18.6 Å². The van der Waals surface area contributed by atoms with E-state index >= 15 is 0 Å². The van der Waals surface area contributed by atoms with Crippen LogP contribution >= 0.6 is 11.6 Å². The van der Waals surface area contributed by atoms with Gasteiger partial charge in [0.2, 0.25) is 0 Å². The number of carbonyl (C=O) groups is 2. The van der Waals surface area contributed by atoms with E-state index in [0.29, 0.717) is 6.42 Å². The minimum Gasteiger partial charge on any atom is -0.505 e. The first-order valence-corrected chi connectivity index (χ1v) is 9.31. The van der Waals surface area contributed by atoms with Gasteiger partial charge in [0.25, 0.3) is 5.91 Å². The molecule has 152 valence electrons. The SMILES string of the molecule is CCC[C@H](C(=O)O)c1c(C)n(C(=O)c2ccc(Cl)c(F)c2)c2ccc(O)c(F)c12. The smallest absolute Gasteiger partial charge is 0.311 e. The number of carboxylic acid groups (broad SMARTS) is 1. The number of carboxylic acids is 1. The van der Waals surface area contributed by atoms with E-state index in [2.05, 4.69) is 0 Å². The van der Waals surface area contributed by atoms with Gasteiger partial charge in [-0.3, -0.25) is 14.2 Å². The Morgan fingerprint density at radius 3 is 2.48 bits per heavy atom. The highest BCUT2D eigenvalue weighted by atomic mass is 35.5. The number of fused-ring (bicyclic) bond motifs is 1. The Morgan fingerprint density at radius 1 is 1.21 bits per heavy atom. The maximum absolute atomic E-state index is 14.9. The van der Waals surface area contributed by atoms with Gasteiger partial charge in [-0.25, -0.2) is 8.78 Å². The zero-order chi connectivity index (χ0) is 21.5. The molecule has 2 aromatic carbocycles. The van der Waals surface area contributed by atoms with E-state index in [4.69, 9.17) is 11.6 Å². The Bertz CT molecular complexity index is 1140. The van der Waals surface area contributed by atoms with E-state index in [9.17, 15) is 28.6 Å². The maximum Gasteiger partial charge on any atom is 0.311 e. The minimum absolute atomic E-state index is 0.0331. The summed E-state index contributed by atoms with van der Waals surface area (Å²) < 4.78 is 29.9. The number of aromatic nitrogens is 1. The number of rotatable bonds is 5. The molecule has 2 N–H and O–H groups in total. The molecule has 1 heterocycles. The first-order valence-electron chi connectivity index (χ1n) is 8.93. The van der Waals surface area contributed by atoms with E-state index in [0.717, 1.165) is 16.7 Å². The summed E-state index contributed by atoms with van der Waals surface area (Å²) in [5.74, 6) is -5.35. The van der Waals surface area contributed by atoms with Crippen molar-refractivity contribution in [2.45, 2.75) is 32.6 Å². The monoisotopic (exact) mass is 421 g/mol. The Hall–Kier alpha value is -2.93. The molecule has 0 saturated carbocycles. The first-order chi connectivity index (χ1) is 13.7. The lowest BCUT2D eigenvalue weighted by Gasteiger charge is -2.13. The van der Waals surface area contributed by atoms with Crippen LogP contribution in [0.25, 0.3) is 10.9 Å². The predicted octanol–water partition coefficient (Wildman–Crippen LogP) is 5.24. The van der Waals surface area contributed by atoms with Gasteiger partial charge in [-0.2, -0.15) is 0 Å². The van der Waals surface area contributed by atoms with Crippen LogP contribution < -0.4 is 0 Å². The third-order valence-electron chi connectivity index (χ3n) is 4.93. The van der Waals surface area contributed by atoms with E-state index in [1.165, 1.54) is 25.1 Å². The van der Waals surface area contributed by atoms with Gasteiger partial charge < -0.3 is 10.2 Å². The Balaban J connectivity index is 2.35. The van der Waals surface area contributed by atoms with Gasteiger partial charge in [0.05, 0.1) is 16.5 Å². The van der Waals surface area contributed by atoms with Crippen molar-refractivity contribution < 1.29 is 28.6 Å². The van der Waals surface area contributed by atoms with E-state index in [1.807, 2.05) is 0 Å². The third kappa shape index (κ3) is 3.46. The molecule has 1 aromatic heterocycles. The van der Waals surface area contributed by atoms with Crippen LogP contribution in [0.1, 0.15) is 47.3 Å². The molecule has 0 fully saturated rings. The van der Waals surface area contributed by atoms with E-state index in [1.54, 1.807) is 6.92 Å². The fourth-order valence-corrected chi connectivity index (χ4v) is 3.72. The summed E-state index contributed by atoms with van der Waals surface area (Å²) in [6.45, 7) is 3.29. The zero-order valence-corrected chi connectivity index (χ0v) is 16.4. The highest BCUT2D eigenvalue weighted by Gasteiger charge is 2.31. The number of hydrogen-bond acceptors (Lipinski definition) is 3. The van der Waals surface area contributed by atoms with Crippen molar-refractivity contribution in [1.82, 2.24) is 4.57 Å². The zero-order valence-electron chi connectivity index (χ0n) is 15.7. The standard InChI is InChI=1S/C21H18ClF2NO4/c1-3-4-12(21(28)29)17-10(2)25(15-7-8-16(26)19(24)18(15)17)20(27)11-5-6-13(22)14(23)9-11/h5-9,12,26H,3-4H2,1-2H3,(H,28,29)/t12-/m0/s1. The van der Waals surface area contributed by atoms with Crippen molar-refractivity contribution in [1.29, 1.82) is 0 Å².